The van der Waals surface area contributed by atoms with Gasteiger partial charge in [0.25, 0.3) is 0 Å². The smallest absolute Gasteiger partial charge is 0.335 e. The summed E-state index contributed by atoms with van der Waals surface area (Å²) in [5.41, 5.74) is 2.15. The van der Waals surface area contributed by atoms with E-state index in [1.165, 1.54) is 0 Å². The van der Waals surface area contributed by atoms with Crippen molar-refractivity contribution < 1.29 is 14.7 Å². The lowest BCUT2D eigenvalue weighted by Gasteiger charge is -2.32. The van der Waals surface area contributed by atoms with Gasteiger partial charge < -0.3 is 10.0 Å². The van der Waals surface area contributed by atoms with Gasteiger partial charge in [-0.3, -0.25) is 4.79 Å². The van der Waals surface area contributed by atoms with E-state index in [1.54, 1.807) is 12.1 Å². The van der Waals surface area contributed by atoms with Crippen molar-refractivity contribution in [2.45, 2.75) is 39.2 Å². The number of nitrogens with zero attached hydrogens (tertiary/aromatic N) is 1. The van der Waals surface area contributed by atoms with Gasteiger partial charge in [0.15, 0.2) is 0 Å². The molecule has 2 aliphatic rings. The van der Waals surface area contributed by atoms with E-state index in [4.69, 9.17) is 0 Å². The van der Waals surface area contributed by atoms with E-state index < -0.39 is 5.97 Å². The molecule has 0 saturated heterocycles. The lowest BCUT2D eigenvalue weighted by Crippen LogP contribution is -2.40. The number of amides is 1. The standard InChI is InChI=1S/C16H19NO3/c1-2-16(7-8-16)15(20)17-9-6-12-11(10-17)4-3-5-13(12)14(18)19/h3-5H,2,6-10H2,1H3,(H,18,19). The lowest BCUT2D eigenvalue weighted by molar-refractivity contribution is -0.138. The van der Waals surface area contributed by atoms with Crippen LogP contribution in [-0.4, -0.2) is 28.4 Å². The molecule has 0 atom stereocenters. The van der Waals surface area contributed by atoms with Gasteiger partial charge in [-0.2, -0.15) is 0 Å². The highest BCUT2D eigenvalue weighted by molar-refractivity contribution is 5.90. The highest BCUT2D eigenvalue weighted by atomic mass is 16.4. The molecule has 4 heteroatoms. The van der Waals surface area contributed by atoms with Crippen molar-refractivity contribution >= 4 is 11.9 Å². The number of rotatable bonds is 3. The maximum Gasteiger partial charge on any atom is 0.335 e. The van der Waals surface area contributed by atoms with E-state index >= 15 is 0 Å². The molecule has 1 aliphatic heterocycles. The minimum atomic E-state index is -0.881. The molecule has 0 bridgehead atoms. The van der Waals surface area contributed by atoms with Gasteiger partial charge in [0, 0.05) is 18.5 Å². The minimum absolute atomic E-state index is 0.109. The van der Waals surface area contributed by atoms with Crippen LogP contribution in [0.15, 0.2) is 18.2 Å². The minimum Gasteiger partial charge on any atom is -0.478 e. The molecule has 1 saturated carbocycles. The van der Waals surface area contributed by atoms with Crippen molar-refractivity contribution in [1.29, 1.82) is 0 Å². The van der Waals surface area contributed by atoms with Gasteiger partial charge >= 0.3 is 5.97 Å². The monoisotopic (exact) mass is 273 g/mol. The summed E-state index contributed by atoms with van der Waals surface area (Å²) >= 11 is 0. The second kappa shape index (κ2) is 4.62. The normalized spacial score (nSPS) is 19.4. The van der Waals surface area contributed by atoms with Gasteiger partial charge in [-0.25, -0.2) is 4.79 Å². The molecule has 1 heterocycles. The first kappa shape index (κ1) is 13.2. The molecule has 20 heavy (non-hydrogen) atoms. The Kier molecular flexibility index (Phi) is 3.04. The van der Waals surface area contributed by atoms with Crippen LogP contribution >= 0.6 is 0 Å². The fourth-order valence-electron chi connectivity index (χ4n) is 3.19. The molecule has 1 aromatic rings. The van der Waals surface area contributed by atoms with Crippen LogP contribution in [-0.2, 0) is 17.8 Å². The molecule has 0 unspecified atom stereocenters. The van der Waals surface area contributed by atoms with Gasteiger partial charge in [0.05, 0.1) is 5.56 Å². The van der Waals surface area contributed by atoms with E-state index in [1.807, 2.05) is 11.0 Å². The van der Waals surface area contributed by atoms with Crippen LogP contribution in [0.25, 0.3) is 0 Å². The Hall–Kier alpha value is -1.84. The van der Waals surface area contributed by atoms with E-state index in [0.717, 1.165) is 30.4 Å². The summed E-state index contributed by atoms with van der Waals surface area (Å²) in [6.07, 6.45) is 3.55. The Labute approximate surface area is 118 Å². The maximum atomic E-state index is 12.6. The largest absolute Gasteiger partial charge is 0.478 e. The van der Waals surface area contributed by atoms with Crippen LogP contribution < -0.4 is 0 Å². The molecule has 106 valence electrons. The maximum absolute atomic E-state index is 12.6. The fourth-order valence-corrected chi connectivity index (χ4v) is 3.19. The molecule has 0 aromatic heterocycles. The first-order chi connectivity index (χ1) is 9.57. The second-order valence-electron chi connectivity index (χ2n) is 5.86. The summed E-state index contributed by atoms with van der Waals surface area (Å²) in [7, 11) is 0. The molecule has 1 N–H and O–H groups in total. The van der Waals surface area contributed by atoms with Crippen LogP contribution in [0.4, 0.5) is 0 Å². The first-order valence-electron chi connectivity index (χ1n) is 7.21. The van der Waals surface area contributed by atoms with Gasteiger partial charge in [-0.05, 0) is 42.9 Å². The van der Waals surface area contributed by atoms with Crippen molar-refractivity contribution in [1.82, 2.24) is 4.90 Å². The van der Waals surface area contributed by atoms with Gasteiger partial charge in [0.1, 0.15) is 0 Å². The van der Waals surface area contributed by atoms with Crippen LogP contribution in [0.3, 0.4) is 0 Å². The van der Waals surface area contributed by atoms with Crippen LogP contribution in [0.1, 0.15) is 47.7 Å². The number of hydrogen-bond acceptors (Lipinski definition) is 2. The van der Waals surface area contributed by atoms with Crippen LogP contribution in [0, 0.1) is 5.41 Å². The topological polar surface area (TPSA) is 57.6 Å². The van der Waals surface area contributed by atoms with Crippen molar-refractivity contribution in [2.24, 2.45) is 5.41 Å². The predicted octanol–water partition coefficient (Wildman–Crippen LogP) is 2.46. The third-order valence-electron chi connectivity index (χ3n) is 4.77. The Morgan fingerprint density at radius 2 is 2.10 bits per heavy atom. The Bertz CT molecular complexity index is 575. The molecule has 1 aromatic carbocycles. The summed E-state index contributed by atoms with van der Waals surface area (Å²) < 4.78 is 0. The summed E-state index contributed by atoms with van der Waals surface area (Å²) in [6.45, 7) is 3.26. The molecule has 0 radical (unpaired) electrons. The Balaban J connectivity index is 1.84. The van der Waals surface area contributed by atoms with Gasteiger partial charge in [-0.15, -0.1) is 0 Å². The second-order valence-corrected chi connectivity index (χ2v) is 5.86. The average molecular weight is 273 g/mol. The number of benzene rings is 1. The first-order valence-corrected chi connectivity index (χ1v) is 7.21. The zero-order chi connectivity index (χ0) is 14.3. The number of fused-ring (bicyclic) bond motifs is 1. The van der Waals surface area contributed by atoms with Crippen LogP contribution in [0.5, 0.6) is 0 Å². The number of carbonyl (C=O) groups excluding carboxylic acids is 1. The molecular weight excluding hydrogens is 254 g/mol. The van der Waals surface area contributed by atoms with Gasteiger partial charge in [-0.1, -0.05) is 19.1 Å². The van der Waals surface area contributed by atoms with E-state index in [2.05, 4.69) is 6.92 Å². The van der Waals surface area contributed by atoms with E-state index in [9.17, 15) is 14.7 Å². The number of aromatic carboxylic acids is 1. The lowest BCUT2D eigenvalue weighted by atomic mass is 9.93. The number of carbonyl (C=O) groups is 2. The van der Waals surface area contributed by atoms with Gasteiger partial charge in [0.2, 0.25) is 5.91 Å². The third-order valence-corrected chi connectivity index (χ3v) is 4.77. The molecule has 1 aliphatic carbocycles. The van der Waals surface area contributed by atoms with Crippen molar-refractivity contribution in [3.05, 3.63) is 34.9 Å². The predicted molar refractivity (Wildman–Crippen MR) is 74.5 cm³/mol. The molecule has 3 rings (SSSR count). The molecule has 4 nitrogen and oxygen atoms in total. The van der Waals surface area contributed by atoms with Crippen LogP contribution in [0.2, 0.25) is 0 Å². The molecule has 0 spiro atoms. The highest BCUT2D eigenvalue weighted by Crippen LogP contribution is 2.50. The Morgan fingerprint density at radius 3 is 2.70 bits per heavy atom. The average Bonchev–Trinajstić information content (AvgIpc) is 3.26. The number of carboxylic acids is 1. The zero-order valence-corrected chi connectivity index (χ0v) is 11.7. The highest BCUT2D eigenvalue weighted by Gasteiger charge is 2.50. The summed E-state index contributed by atoms with van der Waals surface area (Å²) in [5.74, 6) is -0.625. The summed E-state index contributed by atoms with van der Waals surface area (Å²) in [5, 5.41) is 9.21. The fraction of sp³-hybridized carbons (Fsp3) is 0.500. The van der Waals surface area contributed by atoms with Crippen molar-refractivity contribution in [2.75, 3.05) is 6.54 Å². The van der Waals surface area contributed by atoms with Crippen molar-refractivity contribution in [3.63, 3.8) is 0 Å². The zero-order valence-electron chi connectivity index (χ0n) is 11.7. The molecule has 1 amide bonds. The molecule has 1 fully saturated rings. The third kappa shape index (κ3) is 1.99. The number of carboxylic acid groups (broad SMARTS) is 1. The Morgan fingerprint density at radius 1 is 1.35 bits per heavy atom. The molecular formula is C16H19NO3. The quantitative estimate of drug-likeness (QED) is 0.920. The van der Waals surface area contributed by atoms with E-state index in [0.29, 0.717) is 25.1 Å². The summed E-state index contributed by atoms with van der Waals surface area (Å²) in [4.78, 5) is 25.7. The SMILES string of the molecule is CCC1(C(=O)N2CCc3c(cccc3C(=O)O)C2)CC1. The van der Waals surface area contributed by atoms with Crippen molar-refractivity contribution in [3.8, 4) is 0 Å². The number of hydrogen-bond donors (Lipinski definition) is 1. The summed E-state index contributed by atoms with van der Waals surface area (Å²) in [6, 6.07) is 5.35. The van der Waals surface area contributed by atoms with E-state index in [-0.39, 0.29) is 11.3 Å².